The standard InChI is InChI=1S/C26H31Cl2N3O4/c1-25(2)10-16(21(32)12-25)8-18(13-29)30-24(34)20-11-26(6-3-7-26)15-31(20)23(33)14-35-22-5-4-17(27)9-19(22)28/h4-5,9,16,18,20H,3,6-8,10-12,14-15H2,1-2H3,(H,30,34)/t16-,18+,20+/m1/s1. The molecular formula is C26H31Cl2N3O4. The first-order valence-electron chi connectivity index (χ1n) is 12.1. The minimum atomic E-state index is -0.774. The molecule has 0 bridgehead atoms. The summed E-state index contributed by atoms with van der Waals surface area (Å²) in [4.78, 5) is 40.4. The van der Waals surface area contributed by atoms with Crippen LogP contribution in [0.1, 0.15) is 58.8 Å². The Morgan fingerprint density at radius 2 is 2.03 bits per heavy atom. The lowest BCUT2D eigenvalue weighted by molar-refractivity contribution is -0.140. The number of amides is 2. The average Bonchev–Trinajstić information content (AvgIpc) is 3.30. The lowest BCUT2D eigenvalue weighted by Gasteiger charge is -2.37. The van der Waals surface area contributed by atoms with Gasteiger partial charge in [0.2, 0.25) is 5.91 Å². The van der Waals surface area contributed by atoms with Crippen LogP contribution in [0.5, 0.6) is 5.75 Å². The molecule has 3 aliphatic rings. The van der Waals surface area contributed by atoms with E-state index in [2.05, 4.69) is 11.4 Å². The number of likely N-dealkylation sites (tertiary alicyclic amines) is 1. The van der Waals surface area contributed by atoms with Gasteiger partial charge in [-0.15, -0.1) is 0 Å². The Bertz CT molecular complexity index is 1060. The van der Waals surface area contributed by atoms with Gasteiger partial charge in [-0.05, 0) is 61.1 Å². The maximum Gasteiger partial charge on any atom is 0.261 e. The van der Waals surface area contributed by atoms with Gasteiger partial charge in [0.25, 0.3) is 5.91 Å². The summed E-state index contributed by atoms with van der Waals surface area (Å²) >= 11 is 12.1. The first-order valence-corrected chi connectivity index (χ1v) is 12.9. The molecule has 7 nitrogen and oxygen atoms in total. The minimum absolute atomic E-state index is 0.0524. The fraction of sp³-hybridized carbons (Fsp3) is 0.615. The predicted molar refractivity (Wildman–Crippen MR) is 132 cm³/mol. The van der Waals surface area contributed by atoms with Crippen molar-refractivity contribution in [2.45, 2.75) is 70.9 Å². The number of nitriles is 1. The van der Waals surface area contributed by atoms with Crippen molar-refractivity contribution in [2.24, 2.45) is 16.7 Å². The van der Waals surface area contributed by atoms with Gasteiger partial charge in [0.15, 0.2) is 6.61 Å². The molecule has 0 aromatic heterocycles. The Hall–Kier alpha value is -2.30. The van der Waals surface area contributed by atoms with Gasteiger partial charge in [-0.25, -0.2) is 0 Å². The molecule has 1 spiro atoms. The van der Waals surface area contributed by atoms with Crippen LogP contribution < -0.4 is 10.1 Å². The predicted octanol–water partition coefficient (Wildman–Crippen LogP) is 4.55. The third-order valence-electron chi connectivity index (χ3n) is 7.69. The molecule has 2 saturated carbocycles. The van der Waals surface area contributed by atoms with E-state index in [1.165, 1.54) is 6.07 Å². The van der Waals surface area contributed by atoms with E-state index in [0.717, 1.165) is 19.3 Å². The fourth-order valence-corrected chi connectivity index (χ4v) is 6.25. The molecular weight excluding hydrogens is 489 g/mol. The molecule has 35 heavy (non-hydrogen) atoms. The Morgan fingerprint density at radius 1 is 1.29 bits per heavy atom. The lowest BCUT2D eigenvalue weighted by atomic mass is 9.67. The molecule has 9 heteroatoms. The number of ketones is 1. The summed E-state index contributed by atoms with van der Waals surface area (Å²) in [6.07, 6.45) is 5.09. The molecule has 3 fully saturated rings. The van der Waals surface area contributed by atoms with Gasteiger partial charge < -0.3 is 15.0 Å². The Morgan fingerprint density at radius 3 is 2.60 bits per heavy atom. The second-order valence-electron chi connectivity index (χ2n) is 11.1. The first kappa shape index (κ1) is 25.8. The van der Waals surface area contributed by atoms with Crippen LogP contribution in [0.2, 0.25) is 10.0 Å². The zero-order chi connectivity index (χ0) is 25.4. The van der Waals surface area contributed by atoms with Crippen molar-refractivity contribution < 1.29 is 19.1 Å². The quantitative estimate of drug-likeness (QED) is 0.569. The Kier molecular flexibility index (Phi) is 7.36. The Balaban J connectivity index is 1.41. The largest absolute Gasteiger partial charge is 0.482 e. The van der Waals surface area contributed by atoms with Crippen molar-refractivity contribution in [1.29, 1.82) is 5.26 Å². The number of hydrogen-bond donors (Lipinski definition) is 1. The summed E-state index contributed by atoms with van der Waals surface area (Å²) < 4.78 is 5.63. The highest BCUT2D eigenvalue weighted by Crippen LogP contribution is 2.50. The van der Waals surface area contributed by atoms with Crippen molar-refractivity contribution in [3.05, 3.63) is 28.2 Å². The summed E-state index contributed by atoms with van der Waals surface area (Å²) in [6, 6.07) is 5.47. The fourth-order valence-electron chi connectivity index (χ4n) is 5.79. The molecule has 4 rings (SSSR count). The molecule has 1 saturated heterocycles. The van der Waals surface area contributed by atoms with E-state index in [4.69, 9.17) is 27.9 Å². The maximum atomic E-state index is 13.3. The van der Waals surface area contributed by atoms with E-state index in [0.29, 0.717) is 48.0 Å². The Labute approximate surface area is 216 Å². The SMILES string of the molecule is CC1(C)CC(=O)[C@H](C[C@@H](C#N)NC(=O)[C@@H]2CC3(CCC3)CN2C(=O)COc2ccc(Cl)cc2Cl)C1. The van der Waals surface area contributed by atoms with Crippen LogP contribution in [-0.4, -0.2) is 47.7 Å². The zero-order valence-corrected chi connectivity index (χ0v) is 21.6. The van der Waals surface area contributed by atoms with Crippen LogP contribution in [0.25, 0.3) is 0 Å². The zero-order valence-electron chi connectivity index (χ0n) is 20.1. The monoisotopic (exact) mass is 519 g/mol. The van der Waals surface area contributed by atoms with Crippen molar-refractivity contribution in [3.8, 4) is 11.8 Å². The minimum Gasteiger partial charge on any atom is -0.482 e. The number of carbonyl (C=O) groups is 3. The van der Waals surface area contributed by atoms with Gasteiger partial charge in [0.1, 0.15) is 23.6 Å². The molecule has 1 aromatic rings. The highest BCUT2D eigenvalue weighted by atomic mass is 35.5. The van der Waals surface area contributed by atoms with E-state index in [9.17, 15) is 19.6 Å². The van der Waals surface area contributed by atoms with E-state index in [1.807, 2.05) is 13.8 Å². The smallest absolute Gasteiger partial charge is 0.261 e. The van der Waals surface area contributed by atoms with Crippen LogP contribution in [0.4, 0.5) is 0 Å². The lowest BCUT2D eigenvalue weighted by Crippen LogP contribution is -2.50. The van der Waals surface area contributed by atoms with Crippen molar-refractivity contribution in [1.82, 2.24) is 10.2 Å². The second-order valence-corrected chi connectivity index (χ2v) is 11.9. The number of nitrogens with one attached hydrogen (secondary N) is 1. The normalized spacial score (nSPS) is 25.1. The number of halogens is 2. The molecule has 1 aromatic carbocycles. The number of rotatable bonds is 7. The van der Waals surface area contributed by atoms with Gasteiger partial charge in [-0.3, -0.25) is 14.4 Å². The van der Waals surface area contributed by atoms with Crippen LogP contribution in [0.15, 0.2) is 18.2 Å². The average molecular weight is 520 g/mol. The summed E-state index contributed by atoms with van der Waals surface area (Å²) in [6.45, 7) is 4.33. The van der Waals surface area contributed by atoms with Crippen molar-refractivity contribution in [2.75, 3.05) is 13.2 Å². The number of ether oxygens (including phenoxy) is 1. The molecule has 2 amide bonds. The number of benzene rings is 1. The second kappa shape index (κ2) is 9.99. The molecule has 1 aliphatic heterocycles. The molecule has 2 aliphatic carbocycles. The van der Waals surface area contributed by atoms with Gasteiger partial charge in [0, 0.05) is 23.9 Å². The van der Waals surface area contributed by atoms with Gasteiger partial charge >= 0.3 is 0 Å². The van der Waals surface area contributed by atoms with Crippen molar-refractivity contribution in [3.63, 3.8) is 0 Å². The summed E-state index contributed by atoms with van der Waals surface area (Å²) in [5.74, 6) is -0.388. The van der Waals surface area contributed by atoms with Gasteiger partial charge in [0.05, 0.1) is 11.1 Å². The molecule has 0 radical (unpaired) electrons. The van der Waals surface area contributed by atoms with Crippen molar-refractivity contribution >= 4 is 40.8 Å². The van der Waals surface area contributed by atoms with E-state index in [-0.39, 0.29) is 41.0 Å². The van der Waals surface area contributed by atoms with E-state index >= 15 is 0 Å². The summed E-state index contributed by atoms with van der Waals surface area (Å²) in [5, 5.41) is 13.3. The summed E-state index contributed by atoms with van der Waals surface area (Å²) in [5.41, 5.74) is -0.132. The molecule has 1 N–H and O–H groups in total. The van der Waals surface area contributed by atoms with Crippen LogP contribution in [-0.2, 0) is 14.4 Å². The topological polar surface area (TPSA) is 99.5 Å². The molecule has 3 atom stereocenters. The van der Waals surface area contributed by atoms with E-state index in [1.54, 1.807) is 17.0 Å². The van der Waals surface area contributed by atoms with Gasteiger partial charge in [-0.2, -0.15) is 5.26 Å². The highest BCUT2D eigenvalue weighted by Gasteiger charge is 2.51. The maximum absolute atomic E-state index is 13.3. The third-order valence-corrected chi connectivity index (χ3v) is 8.22. The number of hydrogen-bond acceptors (Lipinski definition) is 5. The van der Waals surface area contributed by atoms with Crippen LogP contribution in [0.3, 0.4) is 0 Å². The van der Waals surface area contributed by atoms with Crippen LogP contribution >= 0.6 is 23.2 Å². The number of Topliss-reactive ketones (excluding diaryl/α,β-unsaturated/α-hetero) is 1. The third kappa shape index (κ3) is 5.76. The van der Waals surface area contributed by atoms with Gasteiger partial charge in [-0.1, -0.05) is 43.5 Å². The molecule has 188 valence electrons. The van der Waals surface area contributed by atoms with Crippen LogP contribution in [0, 0.1) is 28.1 Å². The first-order chi connectivity index (χ1) is 16.5. The molecule has 1 heterocycles. The number of carbonyl (C=O) groups excluding carboxylic acids is 3. The van der Waals surface area contributed by atoms with E-state index < -0.39 is 12.1 Å². The number of nitrogens with zero attached hydrogens (tertiary/aromatic N) is 2. The highest BCUT2D eigenvalue weighted by molar-refractivity contribution is 6.35. The summed E-state index contributed by atoms with van der Waals surface area (Å²) in [7, 11) is 0. The molecule has 0 unspecified atom stereocenters.